The quantitative estimate of drug-likeness (QED) is 0.617. The van der Waals surface area contributed by atoms with Crippen molar-refractivity contribution < 1.29 is 27.4 Å². The molecule has 6 heteroatoms. The van der Waals surface area contributed by atoms with Gasteiger partial charge in [0.1, 0.15) is 5.75 Å². The summed E-state index contributed by atoms with van der Waals surface area (Å²) in [6.45, 7) is 2.17. The second-order valence-electron chi connectivity index (χ2n) is 4.23. The fraction of sp³-hybridized carbons (Fsp3) is 0.357. The molecule has 3 nitrogen and oxygen atoms in total. The zero-order valence-corrected chi connectivity index (χ0v) is 10.8. The number of benzene rings is 1. The van der Waals surface area contributed by atoms with E-state index in [4.69, 9.17) is 9.47 Å². The van der Waals surface area contributed by atoms with Crippen LogP contribution < -0.4 is 4.74 Å². The van der Waals surface area contributed by atoms with Gasteiger partial charge < -0.3 is 9.47 Å². The Morgan fingerprint density at radius 2 is 2.20 bits per heavy atom. The number of carbonyl (C=O) groups excluding carboxylic acids is 1. The van der Waals surface area contributed by atoms with Crippen LogP contribution in [0.15, 0.2) is 24.3 Å². The standard InChI is InChI=1S/C14H13F3O3/c1-2-19-13(18)7-9-5-6-20-12-8-10(14(15,16)17)3-4-11(9)12/h3-4,7-8H,2,5-6H2,1H3/b9-7+. The highest BCUT2D eigenvalue weighted by molar-refractivity contribution is 5.92. The van der Waals surface area contributed by atoms with Gasteiger partial charge in [0, 0.05) is 18.1 Å². The van der Waals surface area contributed by atoms with Gasteiger partial charge in [-0.05, 0) is 24.6 Å². The number of halogens is 3. The van der Waals surface area contributed by atoms with E-state index in [2.05, 4.69) is 0 Å². The van der Waals surface area contributed by atoms with Gasteiger partial charge in [0.15, 0.2) is 0 Å². The van der Waals surface area contributed by atoms with Crippen LogP contribution in [-0.2, 0) is 15.7 Å². The molecule has 20 heavy (non-hydrogen) atoms. The molecule has 0 N–H and O–H groups in total. The second-order valence-corrected chi connectivity index (χ2v) is 4.23. The average molecular weight is 286 g/mol. The number of fused-ring (bicyclic) bond motifs is 1. The van der Waals surface area contributed by atoms with Crippen molar-refractivity contribution in [3.63, 3.8) is 0 Å². The normalized spacial score (nSPS) is 16.5. The van der Waals surface area contributed by atoms with E-state index in [9.17, 15) is 18.0 Å². The molecule has 1 aromatic carbocycles. The molecule has 0 aliphatic carbocycles. The summed E-state index contributed by atoms with van der Waals surface area (Å²) in [7, 11) is 0. The first-order chi connectivity index (χ1) is 9.41. The largest absolute Gasteiger partial charge is 0.493 e. The van der Waals surface area contributed by atoms with Gasteiger partial charge in [0.25, 0.3) is 0 Å². The lowest BCUT2D eigenvalue weighted by atomic mass is 9.97. The minimum Gasteiger partial charge on any atom is -0.493 e. The van der Waals surface area contributed by atoms with Crippen molar-refractivity contribution in [2.75, 3.05) is 13.2 Å². The fourth-order valence-electron chi connectivity index (χ4n) is 1.97. The van der Waals surface area contributed by atoms with Gasteiger partial charge in [-0.2, -0.15) is 13.2 Å². The van der Waals surface area contributed by atoms with Gasteiger partial charge in [0.2, 0.25) is 0 Å². The lowest BCUT2D eigenvalue weighted by molar-refractivity contribution is -0.138. The molecule has 0 saturated heterocycles. The van der Waals surface area contributed by atoms with Gasteiger partial charge in [-0.3, -0.25) is 0 Å². The smallest absolute Gasteiger partial charge is 0.416 e. The van der Waals surface area contributed by atoms with Crippen molar-refractivity contribution in [3.8, 4) is 5.75 Å². The van der Waals surface area contributed by atoms with Crippen LogP contribution >= 0.6 is 0 Å². The fourth-order valence-corrected chi connectivity index (χ4v) is 1.97. The second kappa shape index (κ2) is 5.56. The highest BCUT2D eigenvalue weighted by Crippen LogP contribution is 2.38. The molecule has 0 spiro atoms. The molecule has 0 atom stereocenters. The van der Waals surface area contributed by atoms with Gasteiger partial charge in [0.05, 0.1) is 18.8 Å². The lowest BCUT2D eigenvalue weighted by Crippen LogP contribution is -2.12. The Morgan fingerprint density at radius 1 is 1.45 bits per heavy atom. The Morgan fingerprint density at radius 3 is 2.85 bits per heavy atom. The van der Waals surface area contributed by atoms with Crippen LogP contribution in [0.5, 0.6) is 5.75 Å². The number of hydrogen-bond donors (Lipinski definition) is 0. The molecule has 0 unspecified atom stereocenters. The molecule has 1 aromatic rings. The van der Waals surface area contributed by atoms with Crippen LogP contribution in [0.3, 0.4) is 0 Å². The first-order valence-corrected chi connectivity index (χ1v) is 6.13. The summed E-state index contributed by atoms with van der Waals surface area (Å²) in [5.74, 6) is -0.364. The third-order valence-corrected chi connectivity index (χ3v) is 2.86. The first-order valence-electron chi connectivity index (χ1n) is 6.13. The molecule has 1 aliphatic heterocycles. The lowest BCUT2D eigenvalue weighted by Gasteiger charge is -2.21. The average Bonchev–Trinajstić information content (AvgIpc) is 2.37. The maximum atomic E-state index is 12.6. The molecule has 0 amide bonds. The van der Waals surface area contributed by atoms with E-state index in [0.717, 1.165) is 12.1 Å². The number of esters is 1. The molecule has 0 bridgehead atoms. The number of carbonyl (C=O) groups is 1. The van der Waals surface area contributed by atoms with Crippen molar-refractivity contribution in [1.29, 1.82) is 0 Å². The van der Waals surface area contributed by atoms with E-state index in [0.29, 0.717) is 17.6 Å². The van der Waals surface area contributed by atoms with E-state index in [1.807, 2.05) is 0 Å². The molecule has 1 heterocycles. The summed E-state index contributed by atoms with van der Waals surface area (Å²) in [4.78, 5) is 11.4. The molecule has 0 aromatic heterocycles. The number of rotatable bonds is 2. The molecule has 0 radical (unpaired) electrons. The molecule has 0 saturated carbocycles. The van der Waals surface area contributed by atoms with Crippen LogP contribution in [-0.4, -0.2) is 19.2 Å². The Balaban J connectivity index is 2.35. The van der Waals surface area contributed by atoms with Crippen molar-refractivity contribution in [2.45, 2.75) is 19.5 Å². The maximum Gasteiger partial charge on any atom is 0.416 e. The molecule has 108 valence electrons. The minimum atomic E-state index is -4.42. The summed E-state index contributed by atoms with van der Waals surface area (Å²) < 4.78 is 47.9. The zero-order valence-electron chi connectivity index (χ0n) is 10.8. The van der Waals surface area contributed by atoms with Crippen molar-refractivity contribution in [2.24, 2.45) is 0 Å². The zero-order chi connectivity index (χ0) is 14.8. The maximum absolute atomic E-state index is 12.6. The van der Waals surface area contributed by atoms with Crippen LogP contribution in [0.2, 0.25) is 0 Å². The van der Waals surface area contributed by atoms with Gasteiger partial charge in [-0.15, -0.1) is 0 Å². The summed E-state index contributed by atoms with van der Waals surface area (Å²) in [6.07, 6.45) is -2.66. The van der Waals surface area contributed by atoms with Crippen molar-refractivity contribution in [3.05, 3.63) is 35.4 Å². The van der Waals surface area contributed by atoms with Gasteiger partial charge in [-0.25, -0.2) is 4.79 Å². The predicted octanol–water partition coefficient (Wildman–Crippen LogP) is 3.43. The van der Waals surface area contributed by atoms with Gasteiger partial charge in [-0.1, -0.05) is 6.07 Å². The summed E-state index contributed by atoms with van der Waals surface area (Å²) in [5, 5.41) is 0. The first kappa shape index (κ1) is 14.4. The third-order valence-electron chi connectivity index (χ3n) is 2.86. The number of hydrogen-bond acceptors (Lipinski definition) is 3. The van der Waals surface area contributed by atoms with E-state index < -0.39 is 17.7 Å². The predicted molar refractivity (Wildman–Crippen MR) is 66.2 cm³/mol. The Hall–Kier alpha value is -1.98. The Labute approximate surface area is 114 Å². The summed E-state index contributed by atoms with van der Waals surface area (Å²) in [5.41, 5.74) is 0.351. The van der Waals surface area contributed by atoms with Crippen LogP contribution in [0.25, 0.3) is 5.57 Å². The molecular weight excluding hydrogens is 273 g/mol. The topological polar surface area (TPSA) is 35.5 Å². The van der Waals surface area contributed by atoms with Crippen molar-refractivity contribution >= 4 is 11.5 Å². The Bertz CT molecular complexity index is 547. The molecular formula is C14H13F3O3. The van der Waals surface area contributed by atoms with E-state index in [1.54, 1.807) is 6.92 Å². The van der Waals surface area contributed by atoms with E-state index >= 15 is 0 Å². The van der Waals surface area contributed by atoms with E-state index in [1.165, 1.54) is 12.1 Å². The number of ether oxygens (including phenoxy) is 2. The SMILES string of the molecule is CCOC(=O)/C=C1\CCOc2cc(C(F)(F)F)ccc21. The number of alkyl halides is 3. The van der Waals surface area contributed by atoms with Crippen LogP contribution in [0, 0.1) is 0 Å². The highest BCUT2D eigenvalue weighted by atomic mass is 19.4. The molecule has 0 fully saturated rings. The molecule has 1 aliphatic rings. The van der Waals surface area contributed by atoms with Gasteiger partial charge >= 0.3 is 12.1 Å². The minimum absolute atomic E-state index is 0.140. The van der Waals surface area contributed by atoms with E-state index in [-0.39, 0.29) is 19.0 Å². The highest BCUT2D eigenvalue weighted by Gasteiger charge is 2.32. The summed E-state index contributed by atoms with van der Waals surface area (Å²) in [6, 6.07) is 3.25. The monoisotopic (exact) mass is 286 g/mol. The third kappa shape index (κ3) is 3.12. The van der Waals surface area contributed by atoms with Crippen LogP contribution in [0.4, 0.5) is 13.2 Å². The molecule has 2 rings (SSSR count). The Kier molecular flexibility index (Phi) is 4.01. The van der Waals surface area contributed by atoms with Crippen molar-refractivity contribution in [1.82, 2.24) is 0 Å². The summed E-state index contributed by atoms with van der Waals surface area (Å²) >= 11 is 0. The van der Waals surface area contributed by atoms with Crippen LogP contribution in [0.1, 0.15) is 24.5 Å².